The van der Waals surface area contributed by atoms with Crippen molar-refractivity contribution < 1.29 is 9.90 Å². The van der Waals surface area contributed by atoms with Crippen LogP contribution in [0.4, 0.5) is 22.2 Å². The van der Waals surface area contributed by atoms with Crippen molar-refractivity contribution in [2.45, 2.75) is 57.4 Å². The van der Waals surface area contributed by atoms with Gasteiger partial charge in [-0.2, -0.15) is 4.98 Å². The molecule has 1 fully saturated rings. The summed E-state index contributed by atoms with van der Waals surface area (Å²) < 4.78 is 0.944. The third-order valence-corrected chi connectivity index (χ3v) is 7.10. The van der Waals surface area contributed by atoms with Gasteiger partial charge in [0.25, 0.3) is 0 Å². The molecule has 0 radical (unpaired) electrons. The zero-order chi connectivity index (χ0) is 22.7. The van der Waals surface area contributed by atoms with Crippen LogP contribution >= 0.6 is 15.9 Å². The predicted molar refractivity (Wildman–Crippen MR) is 132 cm³/mol. The molecule has 2 N–H and O–H groups in total. The molecule has 1 saturated carbocycles. The lowest BCUT2D eigenvalue weighted by molar-refractivity contribution is 0.199. The molecule has 2 aliphatic carbocycles. The number of aromatic nitrogens is 2. The molecule has 7 nitrogen and oxygen atoms in total. The average molecular weight is 502 g/mol. The maximum atomic E-state index is 11.8. The standard InChI is InChI=1S/C24H32BrN5O2/c1-29(2)22-20-5-3-4-6-21(20)27-23(28-22)26-18-11-7-16(8-12-18)15-30(24(31)32)19-13-9-17(25)10-14-19/h9-10,13-14,16,18H,3-8,11-12,15H2,1-2H3,(H,31,32)(H,26,27,28)/t16-,18+. The first-order valence-corrected chi connectivity index (χ1v) is 12.3. The van der Waals surface area contributed by atoms with Crippen LogP contribution in [0, 0.1) is 5.92 Å². The molecule has 172 valence electrons. The summed E-state index contributed by atoms with van der Waals surface area (Å²) in [6.45, 7) is 0.532. The van der Waals surface area contributed by atoms with Crippen molar-refractivity contribution in [3.8, 4) is 0 Å². The van der Waals surface area contributed by atoms with Crippen LogP contribution < -0.4 is 15.1 Å². The van der Waals surface area contributed by atoms with E-state index in [4.69, 9.17) is 9.97 Å². The van der Waals surface area contributed by atoms with Crippen molar-refractivity contribution in [1.29, 1.82) is 0 Å². The third kappa shape index (κ3) is 5.34. The van der Waals surface area contributed by atoms with E-state index in [0.717, 1.165) is 60.5 Å². The molecule has 0 saturated heterocycles. The molecule has 0 spiro atoms. The van der Waals surface area contributed by atoms with Crippen LogP contribution in [0.5, 0.6) is 0 Å². The first-order chi connectivity index (χ1) is 15.4. The van der Waals surface area contributed by atoms with Gasteiger partial charge < -0.3 is 15.3 Å². The maximum Gasteiger partial charge on any atom is 0.411 e. The molecule has 0 unspecified atom stereocenters. The predicted octanol–water partition coefficient (Wildman–Crippen LogP) is 5.34. The minimum absolute atomic E-state index is 0.328. The highest BCUT2D eigenvalue weighted by Gasteiger charge is 2.27. The van der Waals surface area contributed by atoms with E-state index in [9.17, 15) is 9.90 Å². The fraction of sp³-hybridized carbons (Fsp3) is 0.542. The minimum Gasteiger partial charge on any atom is -0.465 e. The van der Waals surface area contributed by atoms with E-state index in [2.05, 4.69) is 26.1 Å². The van der Waals surface area contributed by atoms with Crippen LogP contribution in [0.25, 0.3) is 0 Å². The Balaban J connectivity index is 1.37. The molecule has 1 amide bonds. The molecule has 1 aromatic carbocycles. The van der Waals surface area contributed by atoms with Crippen molar-refractivity contribution >= 4 is 39.5 Å². The number of hydrogen-bond donors (Lipinski definition) is 2. The fourth-order valence-electron chi connectivity index (χ4n) is 4.85. The number of anilines is 3. The van der Waals surface area contributed by atoms with Gasteiger partial charge in [0.2, 0.25) is 5.95 Å². The highest BCUT2D eigenvalue weighted by Crippen LogP contribution is 2.31. The zero-order valence-corrected chi connectivity index (χ0v) is 20.4. The summed E-state index contributed by atoms with van der Waals surface area (Å²) in [6.07, 6.45) is 7.57. The summed E-state index contributed by atoms with van der Waals surface area (Å²) in [4.78, 5) is 25.1. The smallest absolute Gasteiger partial charge is 0.411 e. The van der Waals surface area contributed by atoms with Crippen LogP contribution in [0.1, 0.15) is 49.8 Å². The molecular formula is C24H32BrN5O2. The molecule has 4 rings (SSSR count). The molecular weight excluding hydrogens is 470 g/mol. The SMILES string of the molecule is CN(C)c1nc(N[C@H]2CC[C@@H](CN(C(=O)O)c3ccc(Br)cc3)CC2)nc2c1CCCC2. The van der Waals surface area contributed by atoms with Gasteiger partial charge in [-0.25, -0.2) is 9.78 Å². The summed E-state index contributed by atoms with van der Waals surface area (Å²) >= 11 is 3.41. The van der Waals surface area contributed by atoms with Gasteiger partial charge in [-0.05, 0) is 81.5 Å². The second-order valence-electron chi connectivity index (χ2n) is 9.13. The number of benzene rings is 1. The Labute approximate surface area is 198 Å². The van der Waals surface area contributed by atoms with Crippen molar-refractivity contribution in [1.82, 2.24) is 9.97 Å². The number of carboxylic acid groups (broad SMARTS) is 1. The van der Waals surface area contributed by atoms with Crippen LogP contribution in [0.2, 0.25) is 0 Å². The lowest BCUT2D eigenvalue weighted by Gasteiger charge is -2.32. The molecule has 1 heterocycles. The fourth-order valence-corrected chi connectivity index (χ4v) is 5.12. The van der Waals surface area contributed by atoms with Gasteiger partial charge in [-0.3, -0.25) is 4.90 Å². The number of nitrogens with zero attached hydrogens (tertiary/aromatic N) is 4. The molecule has 2 aliphatic rings. The molecule has 2 aromatic rings. The van der Waals surface area contributed by atoms with E-state index in [0.29, 0.717) is 18.5 Å². The average Bonchev–Trinajstić information content (AvgIpc) is 2.78. The Morgan fingerprint density at radius 2 is 1.78 bits per heavy atom. The molecule has 0 bridgehead atoms. The first kappa shape index (κ1) is 22.8. The zero-order valence-electron chi connectivity index (χ0n) is 18.9. The van der Waals surface area contributed by atoms with Crippen molar-refractivity contribution in [2.24, 2.45) is 5.92 Å². The number of rotatable bonds is 6. The number of amides is 1. The van der Waals surface area contributed by atoms with Gasteiger partial charge >= 0.3 is 6.09 Å². The monoisotopic (exact) mass is 501 g/mol. The minimum atomic E-state index is -0.897. The Hall–Kier alpha value is -2.35. The van der Waals surface area contributed by atoms with E-state index in [1.165, 1.54) is 29.0 Å². The van der Waals surface area contributed by atoms with E-state index in [-0.39, 0.29) is 0 Å². The number of nitrogens with one attached hydrogen (secondary N) is 1. The number of fused-ring (bicyclic) bond motifs is 1. The van der Waals surface area contributed by atoms with Gasteiger partial charge in [0, 0.05) is 42.4 Å². The lowest BCUT2D eigenvalue weighted by atomic mass is 9.85. The molecule has 8 heteroatoms. The Morgan fingerprint density at radius 3 is 2.44 bits per heavy atom. The van der Waals surface area contributed by atoms with Gasteiger partial charge in [-0.15, -0.1) is 0 Å². The van der Waals surface area contributed by atoms with Gasteiger partial charge in [0.1, 0.15) is 5.82 Å². The van der Waals surface area contributed by atoms with Crippen LogP contribution in [-0.4, -0.2) is 47.8 Å². The van der Waals surface area contributed by atoms with Gasteiger partial charge in [-0.1, -0.05) is 15.9 Å². The second-order valence-corrected chi connectivity index (χ2v) is 10.0. The summed E-state index contributed by atoms with van der Waals surface area (Å²) in [5, 5.41) is 13.3. The van der Waals surface area contributed by atoms with E-state index >= 15 is 0 Å². The third-order valence-electron chi connectivity index (χ3n) is 6.57. The normalized spacial score (nSPS) is 20.3. The van der Waals surface area contributed by atoms with Crippen LogP contribution in [0.3, 0.4) is 0 Å². The quantitative estimate of drug-likeness (QED) is 0.555. The Bertz CT molecular complexity index is 942. The number of carbonyl (C=O) groups is 1. The second kappa shape index (κ2) is 10.1. The van der Waals surface area contributed by atoms with Gasteiger partial charge in [0.05, 0.1) is 5.69 Å². The highest BCUT2D eigenvalue weighted by molar-refractivity contribution is 9.10. The number of hydrogen-bond acceptors (Lipinski definition) is 5. The topological polar surface area (TPSA) is 81.6 Å². The molecule has 0 atom stereocenters. The molecule has 1 aromatic heterocycles. The van der Waals surface area contributed by atoms with Gasteiger partial charge in [0.15, 0.2) is 0 Å². The van der Waals surface area contributed by atoms with Crippen LogP contribution in [0.15, 0.2) is 28.7 Å². The van der Waals surface area contributed by atoms with E-state index in [1.807, 2.05) is 38.4 Å². The number of aryl methyl sites for hydroxylation is 1. The summed E-state index contributed by atoms with van der Waals surface area (Å²) in [6, 6.07) is 7.79. The van der Waals surface area contributed by atoms with Crippen molar-refractivity contribution in [2.75, 3.05) is 35.8 Å². The first-order valence-electron chi connectivity index (χ1n) is 11.5. The highest BCUT2D eigenvalue weighted by atomic mass is 79.9. The molecule has 32 heavy (non-hydrogen) atoms. The lowest BCUT2D eigenvalue weighted by Crippen LogP contribution is -2.37. The van der Waals surface area contributed by atoms with Crippen molar-refractivity contribution in [3.63, 3.8) is 0 Å². The van der Waals surface area contributed by atoms with Crippen molar-refractivity contribution in [3.05, 3.63) is 40.0 Å². The molecule has 0 aliphatic heterocycles. The summed E-state index contributed by atoms with van der Waals surface area (Å²) in [5.74, 6) is 2.13. The summed E-state index contributed by atoms with van der Waals surface area (Å²) in [7, 11) is 4.09. The largest absolute Gasteiger partial charge is 0.465 e. The van der Waals surface area contributed by atoms with Crippen LogP contribution in [-0.2, 0) is 12.8 Å². The Kier molecular flexibility index (Phi) is 7.18. The summed E-state index contributed by atoms with van der Waals surface area (Å²) in [5.41, 5.74) is 3.22. The van der Waals surface area contributed by atoms with E-state index in [1.54, 1.807) is 0 Å². The maximum absolute atomic E-state index is 11.8. The Morgan fingerprint density at radius 1 is 1.09 bits per heavy atom. The number of halogens is 1. The van der Waals surface area contributed by atoms with E-state index < -0.39 is 6.09 Å².